The summed E-state index contributed by atoms with van der Waals surface area (Å²) < 4.78 is 0. The van der Waals surface area contributed by atoms with Crippen LogP contribution in [-0.4, -0.2) is 30.5 Å². The van der Waals surface area contributed by atoms with Gasteiger partial charge in [-0.15, -0.1) is 0 Å². The van der Waals surface area contributed by atoms with E-state index >= 15 is 0 Å². The zero-order valence-corrected chi connectivity index (χ0v) is 11.6. The van der Waals surface area contributed by atoms with Crippen molar-refractivity contribution in [2.45, 2.75) is 39.2 Å². The average molecular weight is 245 g/mol. The van der Waals surface area contributed by atoms with Crippen LogP contribution in [-0.2, 0) is 6.42 Å². The van der Waals surface area contributed by atoms with Crippen molar-refractivity contribution >= 4 is 5.96 Å². The summed E-state index contributed by atoms with van der Waals surface area (Å²) in [7, 11) is 2.04. The molecule has 2 rings (SSSR count). The van der Waals surface area contributed by atoms with Crippen molar-refractivity contribution in [3.8, 4) is 0 Å². The third-order valence-corrected chi connectivity index (χ3v) is 3.61. The van der Waals surface area contributed by atoms with Gasteiger partial charge in [-0.3, -0.25) is 4.99 Å². The highest BCUT2D eigenvalue weighted by molar-refractivity contribution is 5.78. The first-order chi connectivity index (χ1) is 8.58. The van der Waals surface area contributed by atoms with Gasteiger partial charge >= 0.3 is 0 Å². The number of aliphatic imine (C=N–C) groups is 1. The van der Waals surface area contributed by atoms with E-state index in [1.807, 2.05) is 7.05 Å². The van der Waals surface area contributed by atoms with Crippen LogP contribution in [0.25, 0.3) is 0 Å². The molecule has 1 fully saturated rings. The van der Waals surface area contributed by atoms with Crippen molar-refractivity contribution in [3.05, 3.63) is 34.9 Å². The summed E-state index contributed by atoms with van der Waals surface area (Å²) in [6.07, 6.45) is 3.47. The maximum atomic E-state index is 5.96. The largest absolute Gasteiger partial charge is 0.370 e. The maximum Gasteiger partial charge on any atom is 0.191 e. The summed E-state index contributed by atoms with van der Waals surface area (Å²) in [6, 6.07) is 7.21. The molecule has 98 valence electrons. The van der Waals surface area contributed by atoms with Gasteiger partial charge in [0.15, 0.2) is 5.96 Å². The molecule has 0 amide bonds. The smallest absolute Gasteiger partial charge is 0.191 e. The Morgan fingerprint density at radius 1 is 1.39 bits per heavy atom. The minimum absolute atomic E-state index is 0.634. The van der Waals surface area contributed by atoms with Gasteiger partial charge in [-0.1, -0.05) is 23.8 Å². The molecule has 1 aromatic carbocycles. The summed E-state index contributed by atoms with van der Waals surface area (Å²) in [5.74, 6) is 0.683. The molecule has 2 N–H and O–H groups in total. The molecule has 0 heterocycles. The lowest BCUT2D eigenvalue weighted by Crippen LogP contribution is -2.35. The van der Waals surface area contributed by atoms with E-state index in [0.29, 0.717) is 12.0 Å². The Labute approximate surface area is 110 Å². The predicted octanol–water partition coefficient (Wildman–Crippen LogP) is 2.25. The molecule has 0 saturated heterocycles. The topological polar surface area (TPSA) is 41.6 Å². The van der Waals surface area contributed by atoms with E-state index < -0.39 is 0 Å². The molecule has 0 aliphatic heterocycles. The van der Waals surface area contributed by atoms with Gasteiger partial charge in [0.2, 0.25) is 0 Å². The predicted molar refractivity (Wildman–Crippen MR) is 76.9 cm³/mol. The molecule has 18 heavy (non-hydrogen) atoms. The van der Waals surface area contributed by atoms with Crippen molar-refractivity contribution in [1.82, 2.24) is 4.90 Å². The first-order valence-corrected chi connectivity index (χ1v) is 6.67. The molecule has 3 nitrogen and oxygen atoms in total. The highest BCUT2D eigenvalue weighted by atomic mass is 15.3. The molecule has 0 unspecified atom stereocenters. The average Bonchev–Trinajstić information content (AvgIpc) is 3.15. The van der Waals surface area contributed by atoms with Gasteiger partial charge in [0.1, 0.15) is 0 Å². The highest BCUT2D eigenvalue weighted by Gasteiger charge is 2.27. The van der Waals surface area contributed by atoms with Crippen LogP contribution in [0, 0.1) is 13.8 Å². The summed E-state index contributed by atoms with van der Waals surface area (Å²) in [5.41, 5.74) is 9.99. The van der Waals surface area contributed by atoms with Crippen LogP contribution in [0.1, 0.15) is 29.5 Å². The standard InChI is InChI=1S/C15H23N3/c1-11-4-5-13(12(2)10-11)8-9-17-15(16)18(3)14-6-7-14/h4-5,10,14H,6-9H2,1-3H3,(H2,16,17). The lowest BCUT2D eigenvalue weighted by molar-refractivity contribution is 0.487. The van der Waals surface area contributed by atoms with Gasteiger partial charge in [-0.25, -0.2) is 0 Å². The number of nitrogens with zero attached hydrogens (tertiary/aromatic N) is 2. The molecule has 0 bridgehead atoms. The van der Waals surface area contributed by atoms with E-state index in [1.54, 1.807) is 0 Å². The molecule has 1 saturated carbocycles. The fraction of sp³-hybridized carbons (Fsp3) is 0.533. The van der Waals surface area contributed by atoms with Crippen LogP contribution in [0.3, 0.4) is 0 Å². The zero-order chi connectivity index (χ0) is 13.1. The number of benzene rings is 1. The molecule has 0 aromatic heterocycles. The number of rotatable bonds is 4. The van der Waals surface area contributed by atoms with E-state index in [9.17, 15) is 0 Å². The van der Waals surface area contributed by atoms with Crippen LogP contribution in [0.4, 0.5) is 0 Å². The molecule has 0 radical (unpaired) electrons. The molecule has 1 aromatic rings. The number of hydrogen-bond acceptors (Lipinski definition) is 1. The second kappa shape index (κ2) is 5.42. The van der Waals surface area contributed by atoms with Crippen LogP contribution >= 0.6 is 0 Å². The zero-order valence-electron chi connectivity index (χ0n) is 11.6. The Kier molecular flexibility index (Phi) is 3.90. The van der Waals surface area contributed by atoms with Crippen LogP contribution < -0.4 is 5.73 Å². The van der Waals surface area contributed by atoms with E-state index in [-0.39, 0.29) is 0 Å². The molecule has 3 heteroatoms. The highest BCUT2D eigenvalue weighted by Crippen LogP contribution is 2.24. The molecular formula is C15H23N3. The Hall–Kier alpha value is -1.51. The minimum Gasteiger partial charge on any atom is -0.370 e. The lowest BCUT2D eigenvalue weighted by atomic mass is 10.0. The van der Waals surface area contributed by atoms with Gasteiger partial charge < -0.3 is 10.6 Å². The van der Waals surface area contributed by atoms with Crippen LogP contribution in [0.5, 0.6) is 0 Å². The van der Waals surface area contributed by atoms with Crippen molar-refractivity contribution in [2.75, 3.05) is 13.6 Å². The van der Waals surface area contributed by atoms with Gasteiger partial charge in [0.25, 0.3) is 0 Å². The summed E-state index contributed by atoms with van der Waals surface area (Å²) in [5, 5.41) is 0. The first kappa shape index (κ1) is 12.9. The molecular weight excluding hydrogens is 222 g/mol. The van der Waals surface area contributed by atoms with Gasteiger partial charge in [0, 0.05) is 19.6 Å². The summed E-state index contributed by atoms with van der Waals surface area (Å²) >= 11 is 0. The molecule has 0 atom stereocenters. The van der Waals surface area contributed by atoms with Crippen molar-refractivity contribution < 1.29 is 0 Å². The number of hydrogen-bond donors (Lipinski definition) is 1. The quantitative estimate of drug-likeness (QED) is 0.653. The monoisotopic (exact) mass is 245 g/mol. The second-order valence-electron chi connectivity index (χ2n) is 5.26. The van der Waals surface area contributed by atoms with Crippen LogP contribution in [0.15, 0.2) is 23.2 Å². The molecule has 1 aliphatic carbocycles. The van der Waals surface area contributed by atoms with Crippen molar-refractivity contribution in [3.63, 3.8) is 0 Å². The normalized spacial score (nSPS) is 15.8. The van der Waals surface area contributed by atoms with E-state index in [2.05, 4.69) is 41.9 Å². The Balaban J connectivity index is 1.89. The fourth-order valence-corrected chi connectivity index (χ4v) is 2.18. The van der Waals surface area contributed by atoms with Crippen molar-refractivity contribution in [2.24, 2.45) is 10.7 Å². The number of nitrogens with two attached hydrogens (primary N) is 1. The van der Waals surface area contributed by atoms with Crippen molar-refractivity contribution in [1.29, 1.82) is 0 Å². The maximum absolute atomic E-state index is 5.96. The first-order valence-electron chi connectivity index (χ1n) is 6.67. The van der Waals surface area contributed by atoms with E-state index in [0.717, 1.165) is 13.0 Å². The fourth-order valence-electron chi connectivity index (χ4n) is 2.18. The Bertz CT molecular complexity index is 447. The molecule has 0 spiro atoms. The minimum atomic E-state index is 0.634. The number of guanidine groups is 1. The number of aryl methyl sites for hydroxylation is 2. The molecule has 1 aliphatic rings. The second-order valence-corrected chi connectivity index (χ2v) is 5.26. The summed E-state index contributed by atoms with van der Waals surface area (Å²) in [4.78, 5) is 6.56. The Morgan fingerprint density at radius 2 is 2.11 bits per heavy atom. The van der Waals surface area contributed by atoms with Gasteiger partial charge in [-0.05, 0) is 44.2 Å². The third-order valence-electron chi connectivity index (χ3n) is 3.61. The van der Waals surface area contributed by atoms with Crippen LogP contribution in [0.2, 0.25) is 0 Å². The SMILES string of the molecule is Cc1ccc(CCN=C(N)N(C)C2CC2)c(C)c1. The summed E-state index contributed by atoms with van der Waals surface area (Å²) in [6.45, 7) is 5.05. The lowest BCUT2D eigenvalue weighted by Gasteiger charge is -2.16. The van der Waals surface area contributed by atoms with Gasteiger partial charge in [-0.2, -0.15) is 0 Å². The Morgan fingerprint density at radius 3 is 2.72 bits per heavy atom. The van der Waals surface area contributed by atoms with Gasteiger partial charge in [0.05, 0.1) is 0 Å². The van der Waals surface area contributed by atoms with E-state index in [1.165, 1.54) is 29.5 Å². The van der Waals surface area contributed by atoms with E-state index in [4.69, 9.17) is 5.73 Å². The third kappa shape index (κ3) is 3.25.